The van der Waals surface area contributed by atoms with Crippen LogP contribution in [0.25, 0.3) is 0 Å². The summed E-state index contributed by atoms with van der Waals surface area (Å²) in [5, 5.41) is 26.6. The molecule has 0 radical (unpaired) electrons. The van der Waals surface area contributed by atoms with E-state index >= 15 is 0 Å². The summed E-state index contributed by atoms with van der Waals surface area (Å²) >= 11 is 0. The average Bonchev–Trinajstić information content (AvgIpc) is 2.43. The number of aliphatic carboxylic acids is 1. The average molecular weight is 189 g/mol. The van der Waals surface area contributed by atoms with Gasteiger partial charge >= 0.3 is 5.97 Å². The number of nitrogens with zero attached hydrogens (tertiary/aromatic N) is 1. The Kier molecular flexibility index (Phi) is 3.65. The molecule has 2 unspecified atom stereocenters. The summed E-state index contributed by atoms with van der Waals surface area (Å²) in [7, 11) is 0. The molecule has 0 aromatic carbocycles. The van der Waals surface area contributed by atoms with Crippen molar-refractivity contribution in [3.05, 3.63) is 0 Å². The molecule has 0 amide bonds. The minimum Gasteiger partial charge on any atom is -0.481 e. The summed E-state index contributed by atoms with van der Waals surface area (Å²) in [6, 6.07) is 0. The SMILES string of the molecule is O=C(O)C1CN(CCCO)CC1O. The quantitative estimate of drug-likeness (QED) is 0.514. The molecule has 1 aliphatic heterocycles. The fourth-order valence-corrected chi connectivity index (χ4v) is 1.59. The van der Waals surface area contributed by atoms with Crippen LogP contribution in [0.1, 0.15) is 6.42 Å². The molecule has 5 nitrogen and oxygen atoms in total. The molecule has 0 spiro atoms. The van der Waals surface area contributed by atoms with Crippen LogP contribution in [0.2, 0.25) is 0 Å². The van der Waals surface area contributed by atoms with Crippen LogP contribution in [0.15, 0.2) is 0 Å². The lowest BCUT2D eigenvalue weighted by atomic mass is 10.1. The highest BCUT2D eigenvalue weighted by molar-refractivity contribution is 5.71. The van der Waals surface area contributed by atoms with Gasteiger partial charge in [-0.15, -0.1) is 0 Å². The third-order valence-corrected chi connectivity index (χ3v) is 2.31. The number of likely N-dealkylation sites (tertiary alicyclic amines) is 1. The van der Waals surface area contributed by atoms with E-state index in [-0.39, 0.29) is 6.61 Å². The first-order valence-electron chi connectivity index (χ1n) is 4.39. The van der Waals surface area contributed by atoms with Crippen LogP contribution in [-0.4, -0.2) is 58.5 Å². The molecule has 0 bridgehead atoms. The van der Waals surface area contributed by atoms with E-state index in [4.69, 9.17) is 10.2 Å². The number of carboxylic acids is 1. The van der Waals surface area contributed by atoms with Gasteiger partial charge in [0, 0.05) is 26.2 Å². The molecule has 0 saturated carbocycles. The lowest BCUT2D eigenvalue weighted by Gasteiger charge is -2.12. The van der Waals surface area contributed by atoms with E-state index in [1.165, 1.54) is 0 Å². The number of rotatable bonds is 4. The molecule has 1 fully saturated rings. The van der Waals surface area contributed by atoms with Gasteiger partial charge in [-0.3, -0.25) is 9.69 Å². The van der Waals surface area contributed by atoms with E-state index < -0.39 is 18.0 Å². The molecule has 0 aliphatic carbocycles. The summed E-state index contributed by atoms with van der Waals surface area (Å²) in [6.07, 6.45) is -0.143. The predicted molar refractivity (Wildman–Crippen MR) is 45.3 cm³/mol. The molecule has 76 valence electrons. The van der Waals surface area contributed by atoms with Gasteiger partial charge in [-0.1, -0.05) is 0 Å². The van der Waals surface area contributed by atoms with Crippen LogP contribution in [0.3, 0.4) is 0 Å². The minimum atomic E-state index is -0.945. The molecule has 13 heavy (non-hydrogen) atoms. The van der Waals surface area contributed by atoms with Gasteiger partial charge in [0.05, 0.1) is 12.0 Å². The van der Waals surface area contributed by atoms with E-state index in [1.54, 1.807) is 0 Å². The van der Waals surface area contributed by atoms with Crippen molar-refractivity contribution in [1.29, 1.82) is 0 Å². The Morgan fingerprint density at radius 3 is 2.62 bits per heavy atom. The predicted octanol–water partition coefficient (Wildman–Crippen LogP) is -1.25. The molecule has 1 aliphatic rings. The van der Waals surface area contributed by atoms with E-state index in [0.717, 1.165) is 0 Å². The van der Waals surface area contributed by atoms with Crippen molar-refractivity contribution in [2.24, 2.45) is 5.92 Å². The number of carboxylic acid groups (broad SMARTS) is 1. The molecular formula is C8H15NO4. The van der Waals surface area contributed by atoms with Crippen LogP contribution >= 0.6 is 0 Å². The Labute approximate surface area is 76.6 Å². The van der Waals surface area contributed by atoms with Crippen LogP contribution < -0.4 is 0 Å². The number of aliphatic hydroxyl groups is 2. The third kappa shape index (κ3) is 2.65. The van der Waals surface area contributed by atoms with Crippen molar-refractivity contribution in [3.8, 4) is 0 Å². The van der Waals surface area contributed by atoms with Gasteiger partial charge in [0.25, 0.3) is 0 Å². The standard InChI is InChI=1S/C8H15NO4/c10-3-1-2-9-4-6(8(12)13)7(11)5-9/h6-7,10-11H,1-5H2,(H,12,13). The zero-order chi connectivity index (χ0) is 9.84. The van der Waals surface area contributed by atoms with E-state index in [0.29, 0.717) is 26.1 Å². The Hall–Kier alpha value is -0.650. The Morgan fingerprint density at radius 2 is 2.15 bits per heavy atom. The van der Waals surface area contributed by atoms with Gasteiger partial charge in [0.15, 0.2) is 0 Å². The summed E-state index contributed by atoms with van der Waals surface area (Å²) in [4.78, 5) is 12.5. The molecule has 0 aromatic rings. The Bertz CT molecular complexity index is 185. The van der Waals surface area contributed by atoms with Gasteiger partial charge in [0.1, 0.15) is 0 Å². The number of carbonyl (C=O) groups is 1. The topological polar surface area (TPSA) is 81.0 Å². The molecule has 0 aromatic heterocycles. The number of hydrogen-bond donors (Lipinski definition) is 3. The minimum absolute atomic E-state index is 0.102. The molecule has 2 atom stereocenters. The maximum Gasteiger partial charge on any atom is 0.310 e. The molecule has 1 saturated heterocycles. The first kappa shape index (κ1) is 10.4. The van der Waals surface area contributed by atoms with Gasteiger partial charge in [-0.25, -0.2) is 0 Å². The largest absolute Gasteiger partial charge is 0.481 e. The Balaban J connectivity index is 2.36. The van der Waals surface area contributed by atoms with Crippen molar-refractivity contribution >= 4 is 5.97 Å². The Morgan fingerprint density at radius 1 is 1.46 bits per heavy atom. The summed E-state index contributed by atoms with van der Waals surface area (Å²) in [5.74, 6) is -1.61. The number of aliphatic hydroxyl groups excluding tert-OH is 2. The van der Waals surface area contributed by atoms with Gasteiger partial charge in [-0.2, -0.15) is 0 Å². The van der Waals surface area contributed by atoms with Crippen molar-refractivity contribution in [3.63, 3.8) is 0 Å². The fourth-order valence-electron chi connectivity index (χ4n) is 1.59. The molecule has 1 heterocycles. The second-order valence-corrected chi connectivity index (χ2v) is 3.35. The highest BCUT2D eigenvalue weighted by atomic mass is 16.4. The van der Waals surface area contributed by atoms with Crippen LogP contribution in [0.4, 0.5) is 0 Å². The van der Waals surface area contributed by atoms with Crippen molar-refractivity contribution in [1.82, 2.24) is 4.90 Å². The van der Waals surface area contributed by atoms with E-state index in [9.17, 15) is 9.90 Å². The second kappa shape index (κ2) is 4.55. The monoisotopic (exact) mass is 189 g/mol. The highest BCUT2D eigenvalue weighted by Crippen LogP contribution is 2.16. The number of hydrogen-bond acceptors (Lipinski definition) is 4. The fraction of sp³-hybridized carbons (Fsp3) is 0.875. The van der Waals surface area contributed by atoms with Gasteiger partial charge in [0.2, 0.25) is 0 Å². The first-order chi connectivity index (χ1) is 6.15. The third-order valence-electron chi connectivity index (χ3n) is 2.31. The maximum atomic E-state index is 10.6. The molecule has 3 N–H and O–H groups in total. The van der Waals surface area contributed by atoms with E-state index in [2.05, 4.69) is 0 Å². The summed E-state index contributed by atoms with van der Waals surface area (Å²) in [6.45, 7) is 1.54. The van der Waals surface area contributed by atoms with Crippen molar-refractivity contribution in [2.45, 2.75) is 12.5 Å². The lowest BCUT2D eigenvalue weighted by Crippen LogP contribution is -2.26. The summed E-state index contributed by atoms with van der Waals surface area (Å²) < 4.78 is 0. The smallest absolute Gasteiger partial charge is 0.310 e. The number of β-amino-alcohol motifs (C(OH)–C–C–N with tert-alkyl or cyclic N) is 1. The maximum absolute atomic E-state index is 10.6. The zero-order valence-corrected chi connectivity index (χ0v) is 7.39. The van der Waals surface area contributed by atoms with Crippen molar-refractivity contribution in [2.75, 3.05) is 26.2 Å². The summed E-state index contributed by atoms with van der Waals surface area (Å²) in [5.41, 5.74) is 0. The second-order valence-electron chi connectivity index (χ2n) is 3.35. The van der Waals surface area contributed by atoms with E-state index in [1.807, 2.05) is 4.90 Å². The van der Waals surface area contributed by atoms with Gasteiger partial charge < -0.3 is 15.3 Å². The van der Waals surface area contributed by atoms with Crippen LogP contribution in [0, 0.1) is 5.92 Å². The first-order valence-corrected chi connectivity index (χ1v) is 4.39. The van der Waals surface area contributed by atoms with Crippen LogP contribution in [-0.2, 0) is 4.79 Å². The molecule has 1 rings (SSSR count). The highest BCUT2D eigenvalue weighted by Gasteiger charge is 2.35. The normalized spacial score (nSPS) is 29.4. The molecule has 5 heteroatoms. The van der Waals surface area contributed by atoms with Crippen LogP contribution in [0.5, 0.6) is 0 Å². The zero-order valence-electron chi connectivity index (χ0n) is 7.39. The molecular weight excluding hydrogens is 174 g/mol. The lowest BCUT2D eigenvalue weighted by molar-refractivity contribution is -0.143. The van der Waals surface area contributed by atoms with Gasteiger partial charge in [-0.05, 0) is 6.42 Å². The van der Waals surface area contributed by atoms with Crippen molar-refractivity contribution < 1.29 is 20.1 Å².